The summed E-state index contributed by atoms with van der Waals surface area (Å²) in [5.74, 6) is 0. The van der Waals surface area contributed by atoms with Crippen LogP contribution in [-0.2, 0) is 6.54 Å². The van der Waals surface area contributed by atoms with Crippen molar-refractivity contribution in [1.29, 1.82) is 0 Å². The first-order valence-corrected chi connectivity index (χ1v) is 5.18. The van der Waals surface area contributed by atoms with Crippen molar-refractivity contribution in [2.45, 2.75) is 39.8 Å². The molecule has 0 aromatic carbocycles. The molecule has 1 aromatic heterocycles. The van der Waals surface area contributed by atoms with Crippen LogP contribution in [0.15, 0.2) is 16.9 Å². The van der Waals surface area contributed by atoms with Crippen LogP contribution in [-0.4, -0.2) is 21.9 Å². The van der Waals surface area contributed by atoms with Crippen LogP contribution in [0.3, 0.4) is 0 Å². The molecule has 0 fully saturated rings. The van der Waals surface area contributed by atoms with E-state index in [1.807, 2.05) is 6.92 Å². The summed E-state index contributed by atoms with van der Waals surface area (Å²) in [4.78, 5) is 11.4. The standard InChI is InChI=1S/C11H19N3O/c1-9-5-6-10(15)14(13-9)8-7-12-11(2,3)4/h5-6,12H,7-8H2,1-4H3. The molecule has 1 rings (SSSR count). The fraction of sp³-hybridized carbons (Fsp3) is 0.636. The van der Waals surface area contributed by atoms with Crippen LogP contribution < -0.4 is 10.9 Å². The first-order chi connectivity index (χ1) is 6.88. The van der Waals surface area contributed by atoms with Crippen LogP contribution in [0.2, 0.25) is 0 Å². The summed E-state index contributed by atoms with van der Waals surface area (Å²) in [5, 5.41) is 7.47. The van der Waals surface area contributed by atoms with Crippen LogP contribution in [0, 0.1) is 6.92 Å². The second-order valence-corrected chi connectivity index (χ2v) is 4.71. The van der Waals surface area contributed by atoms with Gasteiger partial charge in [-0.3, -0.25) is 4.79 Å². The maximum atomic E-state index is 11.4. The van der Waals surface area contributed by atoms with Crippen molar-refractivity contribution >= 4 is 0 Å². The van der Waals surface area contributed by atoms with Gasteiger partial charge in [0.05, 0.1) is 12.2 Å². The predicted molar refractivity (Wildman–Crippen MR) is 61.0 cm³/mol. The molecule has 0 radical (unpaired) electrons. The van der Waals surface area contributed by atoms with Crippen molar-refractivity contribution in [3.8, 4) is 0 Å². The van der Waals surface area contributed by atoms with Crippen LogP contribution in [0.25, 0.3) is 0 Å². The Hall–Kier alpha value is -1.16. The van der Waals surface area contributed by atoms with E-state index < -0.39 is 0 Å². The zero-order valence-electron chi connectivity index (χ0n) is 9.87. The summed E-state index contributed by atoms with van der Waals surface area (Å²) in [6.45, 7) is 9.53. The lowest BCUT2D eigenvalue weighted by molar-refractivity contribution is 0.400. The van der Waals surface area contributed by atoms with Gasteiger partial charge in [0, 0.05) is 18.2 Å². The van der Waals surface area contributed by atoms with Crippen LogP contribution in [0.5, 0.6) is 0 Å². The topological polar surface area (TPSA) is 46.9 Å². The van der Waals surface area contributed by atoms with Gasteiger partial charge in [0.1, 0.15) is 0 Å². The third kappa shape index (κ3) is 4.25. The van der Waals surface area contributed by atoms with E-state index in [1.165, 1.54) is 4.68 Å². The lowest BCUT2D eigenvalue weighted by Gasteiger charge is -2.20. The molecule has 0 aliphatic rings. The molecule has 0 spiro atoms. The van der Waals surface area contributed by atoms with E-state index in [0.717, 1.165) is 12.2 Å². The van der Waals surface area contributed by atoms with Gasteiger partial charge in [-0.05, 0) is 33.8 Å². The minimum absolute atomic E-state index is 0.0451. The van der Waals surface area contributed by atoms with Crippen molar-refractivity contribution in [3.05, 3.63) is 28.2 Å². The van der Waals surface area contributed by atoms with E-state index in [2.05, 4.69) is 31.2 Å². The Morgan fingerprint density at radius 2 is 2.07 bits per heavy atom. The zero-order valence-corrected chi connectivity index (χ0v) is 9.87. The van der Waals surface area contributed by atoms with Gasteiger partial charge in [0.15, 0.2) is 0 Å². The van der Waals surface area contributed by atoms with Crippen molar-refractivity contribution in [1.82, 2.24) is 15.1 Å². The highest BCUT2D eigenvalue weighted by atomic mass is 16.1. The minimum atomic E-state index is -0.0451. The minimum Gasteiger partial charge on any atom is -0.310 e. The van der Waals surface area contributed by atoms with E-state index in [-0.39, 0.29) is 11.1 Å². The Kier molecular flexibility index (Phi) is 3.63. The Bertz CT molecular complexity index is 376. The molecule has 0 amide bonds. The van der Waals surface area contributed by atoms with Gasteiger partial charge in [0.2, 0.25) is 0 Å². The largest absolute Gasteiger partial charge is 0.310 e. The van der Waals surface area contributed by atoms with Gasteiger partial charge in [-0.1, -0.05) is 0 Å². The molecular formula is C11H19N3O. The number of nitrogens with zero attached hydrogens (tertiary/aromatic N) is 2. The van der Waals surface area contributed by atoms with Crippen LogP contribution >= 0.6 is 0 Å². The normalized spacial score (nSPS) is 11.7. The third-order valence-electron chi connectivity index (χ3n) is 1.98. The Balaban J connectivity index is 2.58. The van der Waals surface area contributed by atoms with Crippen molar-refractivity contribution in [2.75, 3.05) is 6.54 Å². The average Bonchev–Trinajstić information content (AvgIpc) is 2.09. The van der Waals surface area contributed by atoms with Crippen LogP contribution in [0.4, 0.5) is 0 Å². The molecule has 0 bridgehead atoms. The number of hydrogen-bond acceptors (Lipinski definition) is 3. The zero-order chi connectivity index (χ0) is 11.5. The highest BCUT2D eigenvalue weighted by Crippen LogP contribution is 1.97. The molecule has 0 saturated heterocycles. The fourth-order valence-electron chi connectivity index (χ4n) is 1.25. The van der Waals surface area contributed by atoms with Gasteiger partial charge in [0.25, 0.3) is 5.56 Å². The number of rotatable bonds is 3. The molecule has 4 nitrogen and oxygen atoms in total. The number of hydrogen-bond donors (Lipinski definition) is 1. The van der Waals surface area contributed by atoms with E-state index >= 15 is 0 Å². The predicted octanol–water partition coefficient (Wildman–Crippen LogP) is 0.940. The molecule has 1 heterocycles. The third-order valence-corrected chi connectivity index (χ3v) is 1.98. The summed E-state index contributed by atoms with van der Waals surface area (Å²) in [5.41, 5.74) is 0.898. The molecule has 1 N–H and O–H groups in total. The summed E-state index contributed by atoms with van der Waals surface area (Å²) in [6.07, 6.45) is 0. The average molecular weight is 209 g/mol. The summed E-state index contributed by atoms with van der Waals surface area (Å²) in [6, 6.07) is 3.29. The molecule has 0 saturated carbocycles. The highest BCUT2D eigenvalue weighted by Gasteiger charge is 2.07. The second kappa shape index (κ2) is 4.57. The van der Waals surface area contributed by atoms with E-state index in [0.29, 0.717) is 6.54 Å². The van der Waals surface area contributed by atoms with Crippen LogP contribution in [0.1, 0.15) is 26.5 Å². The molecule has 0 aliphatic carbocycles. The van der Waals surface area contributed by atoms with Gasteiger partial charge in [-0.25, -0.2) is 4.68 Å². The van der Waals surface area contributed by atoms with Crippen molar-refractivity contribution in [3.63, 3.8) is 0 Å². The quantitative estimate of drug-likeness (QED) is 0.806. The molecule has 84 valence electrons. The Labute approximate surface area is 90.3 Å². The molecule has 15 heavy (non-hydrogen) atoms. The Morgan fingerprint density at radius 1 is 1.40 bits per heavy atom. The second-order valence-electron chi connectivity index (χ2n) is 4.71. The first-order valence-electron chi connectivity index (χ1n) is 5.18. The first kappa shape index (κ1) is 11.9. The van der Waals surface area contributed by atoms with Crippen molar-refractivity contribution in [2.24, 2.45) is 0 Å². The fourth-order valence-corrected chi connectivity index (χ4v) is 1.25. The molecule has 4 heteroatoms. The van der Waals surface area contributed by atoms with Gasteiger partial charge < -0.3 is 5.32 Å². The highest BCUT2D eigenvalue weighted by molar-refractivity contribution is 4.97. The van der Waals surface area contributed by atoms with Gasteiger partial charge in [-0.15, -0.1) is 0 Å². The summed E-state index contributed by atoms with van der Waals surface area (Å²) in [7, 11) is 0. The van der Waals surface area contributed by atoms with E-state index in [9.17, 15) is 4.79 Å². The molecule has 1 aromatic rings. The lowest BCUT2D eigenvalue weighted by atomic mass is 10.1. The van der Waals surface area contributed by atoms with E-state index in [1.54, 1.807) is 12.1 Å². The SMILES string of the molecule is Cc1ccc(=O)n(CCNC(C)(C)C)n1. The maximum Gasteiger partial charge on any atom is 0.266 e. The monoisotopic (exact) mass is 209 g/mol. The van der Waals surface area contributed by atoms with E-state index in [4.69, 9.17) is 0 Å². The lowest BCUT2D eigenvalue weighted by Crippen LogP contribution is -2.39. The smallest absolute Gasteiger partial charge is 0.266 e. The Morgan fingerprint density at radius 3 is 2.67 bits per heavy atom. The molecular weight excluding hydrogens is 190 g/mol. The number of aryl methyl sites for hydroxylation is 1. The van der Waals surface area contributed by atoms with Gasteiger partial charge >= 0.3 is 0 Å². The molecule has 0 unspecified atom stereocenters. The molecule has 0 atom stereocenters. The van der Waals surface area contributed by atoms with Crippen molar-refractivity contribution < 1.29 is 0 Å². The summed E-state index contributed by atoms with van der Waals surface area (Å²) >= 11 is 0. The molecule has 0 aliphatic heterocycles. The summed E-state index contributed by atoms with van der Waals surface area (Å²) < 4.78 is 1.49. The van der Waals surface area contributed by atoms with Gasteiger partial charge in [-0.2, -0.15) is 5.10 Å². The number of nitrogens with one attached hydrogen (secondary N) is 1. The number of aromatic nitrogens is 2. The maximum absolute atomic E-state index is 11.4.